The molecule has 0 radical (unpaired) electrons. The van der Waals surface area contributed by atoms with E-state index >= 15 is 0 Å². The Hall–Kier alpha value is -3.14. The first-order valence-electron chi connectivity index (χ1n) is 9.95. The van der Waals surface area contributed by atoms with E-state index in [2.05, 4.69) is 53.1 Å². The Bertz CT molecular complexity index is 1300. The molecule has 0 saturated carbocycles. The van der Waals surface area contributed by atoms with Crippen LogP contribution in [-0.4, -0.2) is 26.3 Å². The summed E-state index contributed by atoms with van der Waals surface area (Å²) >= 11 is 1.10. The van der Waals surface area contributed by atoms with Gasteiger partial charge in [0.1, 0.15) is 11.4 Å². The minimum atomic E-state index is -4.75. The van der Waals surface area contributed by atoms with E-state index in [4.69, 9.17) is 5.41 Å². The van der Waals surface area contributed by atoms with E-state index in [0.29, 0.717) is 23.2 Å². The van der Waals surface area contributed by atoms with Gasteiger partial charge in [-0.1, -0.05) is 56.4 Å². The van der Waals surface area contributed by atoms with Crippen molar-refractivity contribution in [2.45, 2.75) is 45.5 Å². The molecule has 168 valence electrons. The molecule has 0 aliphatic rings. The Balaban J connectivity index is 1.56. The fourth-order valence-electron chi connectivity index (χ4n) is 3.49. The van der Waals surface area contributed by atoms with Crippen LogP contribution >= 0.6 is 11.3 Å². The van der Waals surface area contributed by atoms with Crippen LogP contribution in [0.4, 0.5) is 13.2 Å². The van der Waals surface area contributed by atoms with Gasteiger partial charge in [0.25, 0.3) is 0 Å². The molecule has 32 heavy (non-hydrogen) atoms. The Labute approximate surface area is 186 Å². The normalized spacial score (nSPS) is 12.4. The van der Waals surface area contributed by atoms with Crippen LogP contribution in [0.25, 0.3) is 21.5 Å². The number of ether oxygens (including phenoxy) is 1. The number of alkyl halides is 3. The van der Waals surface area contributed by atoms with Crippen molar-refractivity contribution in [2.24, 2.45) is 0 Å². The molecular weight excluding hydrogens is 439 g/mol. The van der Waals surface area contributed by atoms with Gasteiger partial charge in [-0.25, -0.2) is 0 Å². The number of hydrogen-bond acceptors (Lipinski definition) is 5. The molecule has 0 aliphatic carbocycles. The first-order chi connectivity index (χ1) is 15.0. The topological polar surface area (TPSA) is 79.6 Å². The van der Waals surface area contributed by atoms with Gasteiger partial charge in [-0.2, -0.15) is 15.4 Å². The molecule has 0 amide bonds. The minimum Gasteiger partial charge on any atom is -0.406 e. The summed E-state index contributed by atoms with van der Waals surface area (Å²) in [4.78, 5) is 0.240. The van der Waals surface area contributed by atoms with Crippen LogP contribution in [0.3, 0.4) is 0 Å². The second kappa shape index (κ2) is 8.09. The molecule has 2 aromatic heterocycles. The highest BCUT2D eigenvalue weighted by molar-refractivity contribution is 7.16. The number of nitrogens with zero attached hydrogens (tertiary/aromatic N) is 3. The summed E-state index contributed by atoms with van der Waals surface area (Å²) in [5.41, 5.74) is 4.40. The van der Waals surface area contributed by atoms with Gasteiger partial charge in [0.2, 0.25) is 0 Å². The highest BCUT2D eigenvalue weighted by Crippen LogP contribution is 2.29. The summed E-state index contributed by atoms with van der Waals surface area (Å²) in [5, 5.41) is 19.5. The second-order valence-electron chi connectivity index (χ2n) is 8.43. The molecule has 2 heterocycles. The zero-order valence-corrected chi connectivity index (χ0v) is 18.6. The summed E-state index contributed by atoms with van der Waals surface area (Å²) in [6.45, 7) is 6.91. The molecule has 6 nitrogen and oxygen atoms in total. The average molecular weight is 462 g/mol. The van der Waals surface area contributed by atoms with E-state index in [1.807, 2.05) is 12.1 Å². The summed E-state index contributed by atoms with van der Waals surface area (Å²) in [5.74, 6) is -0.295. The van der Waals surface area contributed by atoms with Crippen LogP contribution in [0.5, 0.6) is 5.75 Å². The van der Waals surface area contributed by atoms with Gasteiger partial charge in [0.15, 0.2) is 4.80 Å². The summed E-state index contributed by atoms with van der Waals surface area (Å²) in [7, 11) is 0. The van der Waals surface area contributed by atoms with Crippen molar-refractivity contribution in [1.29, 1.82) is 5.41 Å². The fourth-order valence-corrected chi connectivity index (χ4v) is 4.46. The lowest BCUT2D eigenvalue weighted by Crippen LogP contribution is -2.17. The quantitative estimate of drug-likeness (QED) is 0.417. The molecular formula is C22H22F3N5OS. The molecule has 0 unspecified atom stereocenters. The standard InChI is InChI=1S/C22H22F3N5OS/c1-21(2,3)14-6-4-13(5-7-14)19-16(27-29-28-19)10-11-30-17-9-8-15(31-22(23,24)25)12-18(17)32-20(30)26/h4-9,12,26H,10-11H2,1-3H3,(H,27,28,29). The van der Waals surface area contributed by atoms with Crippen molar-refractivity contribution in [1.82, 2.24) is 20.0 Å². The Morgan fingerprint density at radius 2 is 1.78 bits per heavy atom. The van der Waals surface area contributed by atoms with E-state index in [0.717, 1.165) is 28.3 Å². The lowest BCUT2D eigenvalue weighted by Gasteiger charge is -2.19. The number of aromatic amines is 1. The third-order valence-electron chi connectivity index (χ3n) is 5.12. The SMILES string of the molecule is CC(C)(C)c1ccc(-c2n[nH]nc2CCn2c(=N)sc3cc(OC(F)(F)F)ccc32)cc1. The minimum absolute atomic E-state index is 0.0529. The van der Waals surface area contributed by atoms with Crippen molar-refractivity contribution in [3.05, 3.63) is 58.5 Å². The fraction of sp³-hybridized carbons (Fsp3) is 0.318. The molecule has 4 rings (SSSR count). The Kier molecular flexibility index (Phi) is 5.58. The maximum absolute atomic E-state index is 12.5. The third-order valence-corrected chi connectivity index (χ3v) is 6.08. The molecule has 2 N–H and O–H groups in total. The molecule has 0 saturated heterocycles. The number of hydrogen-bond donors (Lipinski definition) is 2. The van der Waals surface area contributed by atoms with Crippen LogP contribution in [-0.2, 0) is 18.4 Å². The number of benzene rings is 2. The van der Waals surface area contributed by atoms with Crippen LogP contribution in [0, 0.1) is 5.41 Å². The van der Waals surface area contributed by atoms with E-state index in [-0.39, 0.29) is 16.0 Å². The number of aryl methyl sites for hydroxylation is 2. The Morgan fingerprint density at radius 1 is 1.06 bits per heavy atom. The number of nitrogens with one attached hydrogen (secondary N) is 2. The summed E-state index contributed by atoms with van der Waals surface area (Å²) in [6, 6.07) is 12.3. The molecule has 4 aromatic rings. The first kappa shape index (κ1) is 22.1. The number of halogens is 3. The van der Waals surface area contributed by atoms with E-state index in [1.54, 1.807) is 10.6 Å². The Morgan fingerprint density at radius 3 is 2.44 bits per heavy atom. The summed E-state index contributed by atoms with van der Waals surface area (Å²) in [6.07, 6.45) is -4.24. The van der Waals surface area contributed by atoms with Crippen LogP contribution in [0.1, 0.15) is 32.0 Å². The first-order valence-corrected chi connectivity index (χ1v) is 10.8. The second-order valence-corrected chi connectivity index (χ2v) is 9.46. The number of aromatic nitrogens is 4. The van der Waals surface area contributed by atoms with Gasteiger partial charge < -0.3 is 9.30 Å². The summed E-state index contributed by atoms with van der Waals surface area (Å²) < 4.78 is 43.7. The predicted octanol–water partition coefficient (Wildman–Crippen LogP) is 5.41. The highest BCUT2D eigenvalue weighted by Gasteiger charge is 2.31. The van der Waals surface area contributed by atoms with Gasteiger partial charge in [0.05, 0.1) is 15.9 Å². The van der Waals surface area contributed by atoms with E-state index in [9.17, 15) is 13.2 Å². The monoisotopic (exact) mass is 461 g/mol. The number of fused-ring (bicyclic) bond motifs is 1. The lowest BCUT2D eigenvalue weighted by atomic mass is 9.86. The molecule has 2 aromatic carbocycles. The van der Waals surface area contributed by atoms with Crippen molar-refractivity contribution >= 4 is 21.6 Å². The van der Waals surface area contributed by atoms with Gasteiger partial charge >= 0.3 is 6.36 Å². The van der Waals surface area contributed by atoms with E-state index < -0.39 is 6.36 Å². The van der Waals surface area contributed by atoms with Crippen LogP contribution < -0.4 is 9.54 Å². The maximum Gasteiger partial charge on any atom is 0.573 e. The number of rotatable bonds is 5. The molecule has 0 atom stereocenters. The third kappa shape index (κ3) is 4.69. The molecule has 0 spiro atoms. The smallest absolute Gasteiger partial charge is 0.406 e. The highest BCUT2D eigenvalue weighted by atomic mass is 32.1. The van der Waals surface area contributed by atoms with E-state index in [1.165, 1.54) is 17.7 Å². The molecule has 10 heteroatoms. The molecule has 0 bridgehead atoms. The lowest BCUT2D eigenvalue weighted by molar-refractivity contribution is -0.274. The van der Waals surface area contributed by atoms with Crippen molar-refractivity contribution in [2.75, 3.05) is 0 Å². The molecule has 0 fully saturated rings. The van der Waals surface area contributed by atoms with Gasteiger partial charge in [-0.15, -0.1) is 13.2 Å². The van der Waals surface area contributed by atoms with Crippen LogP contribution in [0.2, 0.25) is 0 Å². The largest absolute Gasteiger partial charge is 0.573 e. The van der Waals surface area contributed by atoms with Crippen molar-refractivity contribution < 1.29 is 17.9 Å². The van der Waals surface area contributed by atoms with Crippen LogP contribution in [0.15, 0.2) is 42.5 Å². The maximum atomic E-state index is 12.5. The number of H-pyrrole nitrogens is 1. The van der Waals surface area contributed by atoms with Crippen molar-refractivity contribution in [3.8, 4) is 17.0 Å². The molecule has 0 aliphatic heterocycles. The van der Waals surface area contributed by atoms with Gasteiger partial charge in [0, 0.05) is 18.5 Å². The van der Waals surface area contributed by atoms with Gasteiger partial charge in [-0.05, 0) is 29.2 Å². The predicted molar refractivity (Wildman–Crippen MR) is 117 cm³/mol. The zero-order chi connectivity index (χ0) is 23.1. The number of thiazole rings is 1. The average Bonchev–Trinajstić information content (AvgIpc) is 3.28. The van der Waals surface area contributed by atoms with Gasteiger partial charge in [-0.3, -0.25) is 5.41 Å². The zero-order valence-electron chi connectivity index (χ0n) is 17.7. The van der Waals surface area contributed by atoms with Crippen molar-refractivity contribution in [3.63, 3.8) is 0 Å².